The molecule has 1 aromatic heterocycles. The maximum absolute atomic E-state index is 13.5. The molecule has 0 radical (unpaired) electrons. The zero-order valence-electron chi connectivity index (χ0n) is 31.5. The van der Waals surface area contributed by atoms with Crippen molar-refractivity contribution in [3.05, 3.63) is 47.4 Å². The van der Waals surface area contributed by atoms with Crippen molar-refractivity contribution in [1.29, 1.82) is 0 Å². The number of halogens is 1. The van der Waals surface area contributed by atoms with Gasteiger partial charge >= 0.3 is 0 Å². The van der Waals surface area contributed by atoms with Crippen LogP contribution in [0.3, 0.4) is 0 Å². The van der Waals surface area contributed by atoms with Crippen LogP contribution in [-0.4, -0.2) is 63.9 Å². The van der Waals surface area contributed by atoms with E-state index in [2.05, 4.69) is 55.0 Å². The summed E-state index contributed by atoms with van der Waals surface area (Å²) in [5, 5.41) is 4.24. The lowest BCUT2D eigenvalue weighted by molar-refractivity contribution is -0.175. The molecule has 9 atom stereocenters. The number of nitrogens with one attached hydrogen (secondary N) is 1. The van der Waals surface area contributed by atoms with Gasteiger partial charge in [0.05, 0.1) is 6.61 Å². The molecular formula is C43H64FN3O2S. The van der Waals surface area contributed by atoms with Crippen molar-refractivity contribution < 1.29 is 13.3 Å². The van der Waals surface area contributed by atoms with Crippen LogP contribution in [0.4, 0.5) is 4.39 Å². The van der Waals surface area contributed by atoms with E-state index in [0.717, 1.165) is 86.5 Å². The van der Waals surface area contributed by atoms with E-state index in [1.165, 1.54) is 70.3 Å². The molecule has 2 heterocycles. The Labute approximate surface area is 304 Å². The molecule has 5 nitrogen and oxygen atoms in total. The van der Waals surface area contributed by atoms with Crippen LogP contribution in [0, 0.1) is 57.7 Å². The molecule has 0 aromatic carbocycles. The minimum Gasteiger partial charge on any atom is -0.477 e. The topological polar surface area (TPSA) is 54.5 Å². The van der Waals surface area contributed by atoms with Crippen molar-refractivity contribution in [2.75, 3.05) is 44.3 Å². The minimum atomic E-state index is -0.591. The summed E-state index contributed by atoms with van der Waals surface area (Å²) in [6, 6.07) is 4.78. The van der Waals surface area contributed by atoms with Gasteiger partial charge in [0.25, 0.3) is 0 Å². The lowest BCUT2D eigenvalue weighted by Gasteiger charge is -2.68. The van der Waals surface area contributed by atoms with Gasteiger partial charge in [0.1, 0.15) is 0 Å². The van der Waals surface area contributed by atoms with Gasteiger partial charge in [-0.25, -0.2) is 0 Å². The van der Waals surface area contributed by atoms with Crippen LogP contribution in [0.15, 0.2) is 41.5 Å². The number of rotatable bonds is 8. The molecule has 7 heteroatoms. The summed E-state index contributed by atoms with van der Waals surface area (Å²) < 4.78 is 31.3. The molecule has 0 spiro atoms. The molecule has 1 aromatic rings. The number of nitrogens with zero attached hydrogens (tertiary/aromatic N) is 2. The second-order valence-electron chi connectivity index (χ2n) is 18.8. The second kappa shape index (κ2) is 13.7. The van der Waals surface area contributed by atoms with E-state index in [1.807, 2.05) is 0 Å². The van der Waals surface area contributed by atoms with E-state index in [9.17, 15) is 8.60 Å². The lowest BCUT2D eigenvalue weighted by atomic mass is 9.37. The normalized spacial score (nSPS) is 41.6. The highest BCUT2D eigenvalue weighted by molar-refractivity contribution is 7.85. The Bertz CT molecular complexity index is 1500. The molecule has 6 aliphatic carbocycles. The van der Waals surface area contributed by atoms with Crippen LogP contribution in [0.5, 0.6) is 5.88 Å². The molecule has 8 rings (SSSR count). The second-order valence-corrected chi connectivity index (χ2v) is 20.5. The Hall–Kier alpha value is -1.57. The van der Waals surface area contributed by atoms with Crippen molar-refractivity contribution in [2.45, 2.75) is 117 Å². The van der Waals surface area contributed by atoms with E-state index in [4.69, 9.17) is 4.74 Å². The van der Waals surface area contributed by atoms with Crippen LogP contribution < -0.4 is 10.1 Å². The fourth-order valence-electron chi connectivity index (χ4n) is 14.0. The molecular weight excluding hydrogens is 642 g/mol. The molecule has 50 heavy (non-hydrogen) atoms. The standard InChI is InChI=1S/C43H64FN3O2S/c1-40(2)33(31-12-10-30(11-13-31)29-49-39-9-5-8-38(44)46-39)16-20-42(4)36(40)18-21-41(3)34-17-22-43(45-23-24-47-25-27-50(48)28-26-47)19-6-7-35(43)32(34)14-15-37(41)42/h5,8-9,12,16,30,32,34-37,45H,6-7,10-11,13-15,17-29H2,1-4H3/t30?,32?,34?,35-,36?,37?,41?,42?,43?/m1/s1. The first-order chi connectivity index (χ1) is 24.0. The lowest BCUT2D eigenvalue weighted by Crippen LogP contribution is -2.64. The van der Waals surface area contributed by atoms with Gasteiger partial charge in [0, 0.05) is 60.1 Å². The van der Waals surface area contributed by atoms with E-state index < -0.39 is 16.7 Å². The van der Waals surface area contributed by atoms with Crippen LogP contribution in [0.25, 0.3) is 0 Å². The quantitative estimate of drug-likeness (QED) is 0.274. The summed E-state index contributed by atoms with van der Waals surface area (Å²) in [5.74, 6) is 6.26. The molecule has 1 saturated heterocycles. The molecule has 0 amide bonds. The van der Waals surface area contributed by atoms with Crippen molar-refractivity contribution in [1.82, 2.24) is 15.2 Å². The number of fused-ring (bicyclic) bond motifs is 7. The number of aromatic nitrogens is 1. The Kier molecular flexibility index (Phi) is 9.71. The summed E-state index contributed by atoms with van der Waals surface area (Å²) in [5.41, 5.74) is 4.61. The van der Waals surface area contributed by atoms with Gasteiger partial charge < -0.3 is 15.0 Å². The van der Waals surface area contributed by atoms with Crippen LogP contribution in [-0.2, 0) is 10.8 Å². The number of ether oxygens (including phenoxy) is 1. The van der Waals surface area contributed by atoms with Gasteiger partial charge in [-0.05, 0) is 146 Å². The average Bonchev–Trinajstić information content (AvgIpc) is 3.53. The van der Waals surface area contributed by atoms with E-state index in [0.29, 0.717) is 34.8 Å². The molecule has 7 aliphatic rings. The molecule has 1 aliphatic heterocycles. The Balaban J connectivity index is 0.933. The van der Waals surface area contributed by atoms with Crippen LogP contribution >= 0.6 is 0 Å². The van der Waals surface area contributed by atoms with E-state index in [-0.39, 0.29) is 5.41 Å². The smallest absolute Gasteiger partial charge is 0.216 e. The molecule has 1 N–H and O–H groups in total. The molecule has 5 fully saturated rings. The molecule has 8 unspecified atom stereocenters. The predicted molar refractivity (Wildman–Crippen MR) is 202 cm³/mol. The number of allylic oxidation sites excluding steroid dienone is 4. The van der Waals surface area contributed by atoms with Gasteiger partial charge in [-0.3, -0.25) is 4.21 Å². The molecule has 4 saturated carbocycles. The minimum absolute atomic E-state index is 0.187. The van der Waals surface area contributed by atoms with Crippen LogP contribution in [0.2, 0.25) is 0 Å². The SMILES string of the molecule is CC1(C)C(C2=CCC(COc3cccc(F)n3)CC2)=CCC2(C)C1CCC1(C)C3CCC4(NCCN5CCS(=O)CC5)CCC[C@@H]4C3CCC12. The van der Waals surface area contributed by atoms with Gasteiger partial charge in [-0.1, -0.05) is 52.3 Å². The van der Waals surface area contributed by atoms with Gasteiger partial charge in [-0.2, -0.15) is 9.37 Å². The summed E-state index contributed by atoms with van der Waals surface area (Å²) >= 11 is 0. The Morgan fingerprint density at radius 1 is 0.940 bits per heavy atom. The fraction of sp³-hybridized carbons (Fsp3) is 0.791. The average molecular weight is 706 g/mol. The molecule has 0 bridgehead atoms. The van der Waals surface area contributed by atoms with Crippen molar-refractivity contribution >= 4 is 10.8 Å². The first-order valence-corrected chi connectivity index (χ1v) is 22.0. The first kappa shape index (κ1) is 35.5. The van der Waals surface area contributed by atoms with Gasteiger partial charge in [0.2, 0.25) is 11.8 Å². The van der Waals surface area contributed by atoms with Gasteiger partial charge in [0.15, 0.2) is 0 Å². The number of hydrogen-bond acceptors (Lipinski definition) is 5. The first-order valence-electron chi connectivity index (χ1n) is 20.5. The van der Waals surface area contributed by atoms with Crippen LogP contribution in [0.1, 0.15) is 111 Å². The molecule has 276 valence electrons. The number of pyridine rings is 1. The summed E-state index contributed by atoms with van der Waals surface area (Å²) in [6.45, 7) is 15.5. The van der Waals surface area contributed by atoms with E-state index >= 15 is 0 Å². The van der Waals surface area contributed by atoms with E-state index in [1.54, 1.807) is 23.3 Å². The maximum atomic E-state index is 13.5. The summed E-state index contributed by atoms with van der Waals surface area (Å²) in [7, 11) is -0.591. The zero-order chi connectivity index (χ0) is 34.7. The van der Waals surface area contributed by atoms with Crippen molar-refractivity contribution in [3.63, 3.8) is 0 Å². The Morgan fingerprint density at radius 2 is 1.78 bits per heavy atom. The number of hydrogen-bond donors (Lipinski definition) is 1. The third kappa shape index (κ3) is 6.19. The Morgan fingerprint density at radius 3 is 2.56 bits per heavy atom. The van der Waals surface area contributed by atoms with Crippen molar-refractivity contribution in [2.24, 2.45) is 51.8 Å². The third-order valence-corrected chi connectivity index (χ3v) is 17.6. The summed E-state index contributed by atoms with van der Waals surface area (Å²) in [6.07, 6.45) is 22.4. The largest absolute Gasteiger partial charge is 0.477 e. The summed E-state index contributed by atoms with van der Waals surface area (Å²) in [4.78, 5) is 6.43. The third-order valence-electron chi connectivity index (χ3n) is 16.3. The highest BCUT2D eigenvalue weighted by atomic mass is 32.2. The maximum Gasteiger partial charge on any atom is 0.216 e. The fourth-order valence-corrected chi connectivity index (χ4v) is 15.1. The highest BCUT2D eigenvalue weighted by Crippen LogP contribution is 2.72. The predicted octanol–water partition coefficient (Wildman–Crippen LogP) is 8.73. The highest BCUT2D eigenvalue weighted by Gasteiger charge is 2.65. The zero-order valence-corrected chi connectivity index (χ0v) is 32.3. The van der Waals surface area contributed by atoms with Crippen molar-refractivity contribution in [3.8, 4) is 5.88 Å². The monoisotopic (exact) mass is 705 g/mol. The van der Waals surface area contributed by atoms with Gasteiger partial charge in [-0.15, -0.1) is 0 Å².